The van der Waals surface area contributed by atoms with Crippen molar-refractivity contribution in [1.82, 2.24) is 21.5 Å². The Morgan fingerprint density at radius 3 is 2.36 bits per heavy atom. The zero-order chi connectivity index (χ0) is 25.9. The minimum atomic E-state index is -0.174. The topological polar surface area (TPSA) is 129 Å². The number of nitrogens with one attached hydrogen (secondary N) is 4. The lowest BCUT2D eigenvalue weighted by Crippen LogP contribution is -2.37. The summed E-state index contributed by atoms with van der Waals surface area (Å²) in [5.41, 5.74) is 17.9. The van der Waals surface area contributed by atoms with Gasteiger partial charge in [-0.2, -0.15) is 0 Å². The molecular weight excluding hydrogens is 456 g/mol. The van der Waals surface area contributed by atoms with E-state index in [2.05, 4.69) is 28.4 Å². The van der Waals surface area contributed by atoms with Gasteiger partial charge in [-0.1, -0.05) is 49.4 Å². The van der Waals surface area contributed by atoms with Gasteiger partial charge < -0.3 is 26.7 Å². The van der Waals surface area contributed by atoms with E-state index in [1.807, 2.05) is 48.5 Å². The van der Waals surface area contributed by atoms with E-state index in [-0.39, 0.29) is 37.1 Å². The number of hydrazine groups is 1. The Bertz CT molecular complexity index is 1110. The third-order valence-electron chi connectivity index (χ3n) is 6.01. The second-order valence-corrected chi connectivity index (χ2v) is 8.62. The maximum absolute atomic E-state index is 13.4. The normalized spacial score (nSPS) is 14.7. The summed E-state index contributed by atoms with van der Waals surface area (Å²) in [4.78, 5) is 38.6. The Morgan fingerprint density at radius 1 is 0.917 bits per heavy atom. The van der Waals surface area contributed by atoms with Crippen LogP contribution in [0, 0.1) is 0 Å². The maximum atomic E-state index is 13.4. The maximum Gasteiger partial charge on any atom is 0.229 e. The van der Waals surface area contributed by atoms with Gasteiger partial charge >= 0.3 is 0 Å². The molecule has 0 saturated heterocycles. The van der Waals surface area contributed by atoms with Crippen LogP contribution >= 0.6 is 0 Å². The van der Waals surface area contributed by atoms with E-state index in [1.54, 1.807) is 11.9 Å². The number of carbonyl (C=O) groups is 3. The summed E-state index contributed by atoms with van der Waals surface area (Å²) in [7, 11) is 1.57. The molecule has 3 amide bonds. The Kier molecular flexibility index (Phi) is 9.88. The molecule has 2 aromatic rings. The lowest BCUT2D eigenvalue weighted by Gasteiger charge is -2.30. The fourth-order valence-corrected chi connectivity index (χ4v) is 4.07. The quantitative estimate of drug-likeness (QED) is 0.242. The molecule has 9 nitrogen and oxygen atoms in total. The van der Waals surface area contributed by atoms with Gasteiger partial charge in [0.05, 0.1) is 23.6 Å². The fraction of sp³-hybridized carbons (Fsp3) is 0.370. The average molecular weight is 493 g/mol. The highest BCUT2D eigenvalue weighted by Gasteiger charge is 2.26. The summed E-state index contributed by atoms with van der Waals surface area (Å²) >= 11 is 0. The molecule has 0 unspecified atom stereocenters. The van der Waals surface area contributed by atoms with Gasteiger partial charge in [-0.15, -0.1) is 0 Å². The van der Waals surface area contributed by atoms with Crippen LogP contribution in [0.2, 0.25) is 0 Å². The second kappa shape index (κ2) is 13.3. The van der Waals surface area contributed by atoms with Crippen molar-refractivity contribution in [3.8, 4) is 0 Å². The Labute approximate surface area is 212 Å². The third kappa shape index (κ3) is 6.85. The van der Waals surface area contributed by atoms with Crippen LogP contribution in [0.5, 0.6) is 0 Å². The van der Waals surface area contributed by atoms with Crippen LogP contribution in [-0.2, 0) is 20.9 Å². The van der Waals surface area contributed by atoms with Crippen molar-refractivity contribution in [2.24, 2.45) is 5.73 Å². The minimum absolute atomic E-state index is 0.0955. The van der Waals surface area contributed by atoms with Gasteiger partial charge in [0.25, 0.3) is 0 Å². The standard InChI is InChI=1S/C27H36N6O3/c1-3-16-31-32-27-20-10-5-4-9-19(20)18-33(22-12-7-6-11-21(22)26(27)28)25(36)15-17-30-24(35)14-8-13-23(34)29-2/h4-7,9-12,31-32H,3,8,13-18,28H2,1-2H3,(H,29,34)(H,30,35)/b27-26-. The lowest BCUT2D eigenvalue weighted by molar-refractivity contribution is -0.122. The minimum Gasteiger partial charge on any atom is -0.396 e. The van der Waals surface area contributed by atoms with E-state index in [1.165, 1.54) is 0 Å². The molecule has 1 heterocycles. The first kappa shape index (κ1) is 26.7. The van der Waals surface area contributed by atoms with Gasteiger partial charge in [-0.3, -0.25) is 14.4 Å². The molecule has 0 radical (unpaired) electrons. The van der Waals surface area contributed by atoms with Crippen molar-refractivity contribution in [2.45, 2.75) is 45.6 Å². The molecule has 9 heteroatoms. The van der Waals surface area contributed by atoms with Crippen molar-refractivity contribution >= 4 is 34.8 Å². The summed E-state index contributed by atoms with van der Waals surface area (Å²) in [5.74, 6) is -0.384. The van der Waals surface area contributed by atoms with Crippen molar-refractivity contribution < 1.29 is 14.4 Å². The fourth-order valence-electron chi connectivity index (χ4n) is 4.07. The molecule has 0 bridgehead atoms. The summed E-state index contributed by atoms with van der Waals surface area (Å²) in [6.07, 6.45) is 2.11. The summed E-state index contributed by atoms with van der Waals surface area (Å²) < 4.78 is 0. The zero-order valence-corrected chi connectivity index (χ0v) is 21.0. The number of nitrogens with two attached hydrogens (primary N) is 1. The van der Waals surface area contributed by atoms with Crippen LogP contribution < -0.4 is 32.1 Å². The van der Waals surface area contributed by atoms with E-state index >= 15 is 0 Å². The van der Waals surface area contributed by atoms with Gasteiger partial charge in [0.2, 0.25) is 17.7 Å². The van der Waals surface area contributed by atoms with Crippen LogP contribution in [0.1, 0.15) is 55.7 Å². The molecule has 0 fully saturated rings. The van der Waals surface area contributed by atoms with Crippen LogP contribution in [0.3, 0.4) is 0 Å². The Hall–Kier alpha value is -3.85. The van der Waals surface area contributed by atoms with Gasteiger partial charge in [0.1, 0.15) is 0 Å². The van der Waals surface area contributed by atoms with E-state index in [4.69, 9.17) is 5.73 Å². The number of amides is 3. The molecule has 0 aliphatic carbocycles. The van der Waals surface area contributed by atoms with Gasteiger partial charge in [-0.25, -0.2) is 5.43 Å². The monoisotopic (exact) mass is 492 g/mol. The predicted octanol–water partition coefficient (Wildman–Crippen LogP) is 2.24. The Morgan fingerprint density at radius 2 is 1.61 bits per heavy atom. The van der Waals surface area contributed by atoms with Gasteiger partial charge in [-0.05, 0) is 24.5 Å². The molecule has 2 aromatic carbocycles. The van der Waals surface area contributed by atoms with E-state index in [0.717, 1.165) is 41.0 Å². The number of nitrogens with zero attached hydrogens (tertiary/aromatic N) is 1. The first-order chi connectivity index (χ1) is 17.5. The summed E-state index contributed by atoms with van der Waals surface area (Å²) in [5, 5.41) is 5.33. The van der Waals surface area contributed by atoms with E-state index < -0.39 is 0 Å². The SMILES string of the molecule is CCCNN/C1=C(\N)c2ccccc2N(C(=O)CCNC(=O)CCCC(=O)NC)Cc2ccccc21. The van der Waals surface area contributed by atoms with Crippen molar-refractivity contribution in [1.29, 1.82) is 0 Å². The van der Waals surface area contributed by atoms with Crippen molar-refractivity contribution in [3.63, 3.8) is 0 Å². The molecule has 0 atom stereocenters. The van der Waals surface area contributed by atoms with Crippen LogP contribution in [0.15, 0.2) is 48.5 Å². The molecule has 6 N–H and O–H groups in total. The first-order valence-corrected chi connectivity index (χ1v) is 12.4. The number of anilines is 1. The van der Waals surface area contributed by atoms with Crippen molar-refractivity contribution in [3.05, 3.63) is 65.2 Å². The summed E-state index contributed by atoms with van der Waals surface area (Å²) in [6, 6.07) is 15.5. The molecule has 0 saturated carbocycles. The molecule has 36 heavy (non-hydrogen) atoms. The number of rotatable bonds is 11. The highest BCUT2D eigenvalue weighted by Crippen LogP contribution is 2.34. The number of hydrogen-bond acceptors (Lipinski definition) is 6. The Balaban J connectivity index is 1.79. The zero-order valence-electron chi connectivity index (χ0n) is 21.0. The molecule has 192 valence electrons. The van der Waals surface area contributed by atoms with Crippen LogP contribution in [-0.4, -0.2) is 37.9 Å². The molecule has 0 aromatic heterocycles. The lowest BCUT2D eigenvalue weighted by atomic mass is 9.96. The van der Waals surface area contributed by atoms with Crippen LogP contribution in [0.4, 0.5) is 5.69 Å². The molecule has 3 rings (SSSR count). The smallest absolute Gasteiger partial charge is 0.229 e. The molecule has 1 aliphatic heterocycles. The molecule has 0 spiro atoms. The van der Waals surface area contributed by atoms with Gasteiger partial charge in [0, 0.05) is 50.5 Å². The second-order valence-electron chi connectivity index (χ2n) is 8.62. The van der Waals surface area contributed by atoms with Crippen molar-refractivity contribution in [2.75, 3.05) is 25.0 Å². The predicted molar refractivity (Wildman–Crippen MR) is 142 cm³/mol. The number of benzene rings is 2. The van der Waals surface area contributed by atoms with E-state index in [0.29, 0.717) is 25.1 Å². The van der Waals surface area contributed by atoms with Gasteiger partial charge in [0.15, 0.2) is 0 Å². The third-order valence-corrected chi connectivity index (χ3v) is 6.01. The number of hydrogen-bond donors (Lipinski definition) is 5. The molecular formula is C27H36N6O3. The highest BCUT2D eigenvalue weighted by atomic mass is 16.2. The van der Waals surface area contributed by atoms with Crippen LogP contribution in [0.25, 0.3) is 11.4 Å². The number of fused-ring (bicyclic) bond motifs is 2. The van der Waals surface area contributed by atoms with E-state index in [9.17, 15) is 14.4 Å². The number of para-hydroxylation sites is 1. The highest BCUT2D eigenvalue weighted by molar-refractivity contribution is 6.01. The number of carbonyl (C=O) groups excluding carboxylic acids is 3. The first-order valence-electron chi connectivity index (χ1n) is 12.4. The largest absolute Gasteiger partial charge is 0.396 e. The molecule has 1 aliphatic rings. The average Bonchev–Trinajstić information content (AvgIpc) is 2.89. The summed E-state index contributed by atoms with van der Waals surface area (Å²) in [6.45, 7) is 3.46.